The summed E-state index contributed by atoms with van der Waals surface area (Å²) in [6.45, 7) is 1.94. The first kappa shape index (κ1) is 11.0. The third kappa shape index (κ3) is 2.21. The van der Waals surface area contributed by atoms with Gasteiger partial charge in [0, 0.05) is 17.4 Å². The minimum absolute atomic E-state index is 0.380. The molecule has 0 fully saturated rings. The van der Waals surface area contributed by atoms with Crippen molar-refractivity contribution in [1.29, 1.82) is 0 Å². The van der Waals surface area contributed by atoms with Gasteiger partial charge in [-0.1, -0.05) is 29.8 Å². The standard InChI is InChI=1S/C12H12ClN3/c1-8-6-15-12(16-7-8)11(14)9-4-2-3-5-10(9)13/h2-7,11H,14H2,1H3. The van der Waals surface area contributed by atoms with Gasteiger partial charge in [0.1, 0.15) is 5.82 Å². The molecular weight excluding hydrogens is 222 g/mol. The Morgan fingerprint density at radius 3 is 2.44 bits per heavy atom. The van der Waals surface area contributed by atoms with E-state index >= 15 is 0 Å². The van der Waals surface area contributed by atoms with Crippen LogP contribution in [0.4, 0.5) is 0 Å². The van der Waals surface area contributed by atoms with E-state index in [1.165, 1.54) is 0 Å². The Hall–Kier alpha value is -1.45. The van der Waals surface area contributed by atoms with Gasteiger partial charge in [-0.3, -0.25) is 0 Å². The van der Waals surface area contributed by atoms with Gasteiger partial charge in [0.15, 0.2) is 0 Å². The van der Waals surface area contributed by atoms with Gasteiger partial charge >= 0.3 is 0 Å². The van der Waals surface area contributed by atoms with E-state index in [2.05, 4.69) is 9.97 Å². The summed E-state index contributed by atoms with van der Waals surface area (Å²) in [4.78, 5) is 8.40. The number of benzene rings is 1. The van der Waals surface area contributed by atoms with E-state index in [1.807, 2.05) is 31.2 Å². The average Bonchev–Trinajstić information content (AvgIpc) is 2.30. The van der Waals surface area contributed by atoms with Crippen molar-refractivity contribution in [1.82, 2.24) is 9.97 Å². The first-order valence-electron chi connectivity index (χ1n) is 4.97. The molecule has 1 atom stereocenters. The normalized spacial score (nSPS) is 12.4. The van der Waals surface area contributed by atoms with Gasteiger partial charge in [-0.15, -0.1) is 0 Å². The van der Waals surface area contributed by atoms with Crippen LogP contribution in [-0.2, 0) is 0 Å². The van der Waals surface area contributed by atoms with Gasteiger partial charge in [-0.05, 0) is 24.1 Å². The zero-order chi connectivity index (χ0) is 11.5. The molecule has 4 heteroatoms. The summed E-state index contributed by atoms with van der Waals surface area (Å²) in [5.74, 6) is 0.582. The molecule has 0 aliphatic rings. The van der Waals surface area contributed by atoms with Gasteiger partial charge in [-0.2, -0.15) is 0 Å². The van der Waals surface area contributed by atoms with Crippen molar-refractivity contribution in [3.05, 3.63) is 58.6 Å². The van der Waals surface area contributed by atoms with Crippen LogP contribution in [0.5, 0.6) is 0 Å². The number of halogens is 1. The fourth-order valence-electron chi connectivity index (χ4n) is 1.43. The molecular formula is C12H12ClN3. The summed E-state index contributed by atoms with van der Waals surface area (Å²) in [6, 6.07) is 7.08. The molecule has 82 valence electrons. The zero-order valence-electron chi connectivity index (χ0n) is 8.89. The second-order valence-corrected chi connectivity index (χ2v) is 4.02. The van der Waals surface area contributed by atoms with Crippen LogP contribution in [0.15, 0.2) is 36.7 Å². The van der Waals surface area contributed by atoms with E-state index < -0.39 is 0 Å². The molecule has 2 N–H and O–H groups in total. The molecule has 16 heavy (non-hydrogen) atoms. The van der Waals surface area contributed by atoms with Gasteiger partial charge < -0.3 is 5.73 Å². The van der Waals surface area contributed by atoms with Crippen molar-refractivity contribution >= 4 is 11.6 Å². The monoisotopic (exact) mass is 233 g/mol. The Balaban J connectivity index is 2.35. The first-order valence-corrected chi connectivity index (χ1v) is 5.35. The smallest absolute Gasteiger partial charge is 0.149 e. The summed E-state index contributed by atoms with van der Waals surface area (Å²) in [7, 11) is 0. The lowest BCUT2D eigenvalue weighted by Gasteiger charge is -2.11. The van der Waals surface area contributed by atoms with Crippen molar-refractivity contribution in [2.45, 2.75) is 13.0 Å². The van der Waals surface area contributed by atoms with Gasteiger partial charge in [0.2, 0.25) is 0 Å². The van der Waals surface area contributed by atoms with E-state index in [0.717, 1.165) is 11.1 Å². The Morgan fingerprint density at radius 1 is 1.19 bits per heavy atom. The minimum Gasteiger partial charge on any atom is -0.318 e. The summed E-state index contributed by atoms with van der Waals surface area (Å²) in [5, 5.41) is 0.638. The van der Waals surface area contributed by atoms with Crippen molar-refractivity contribution in [3.8, 4) is 0 Å². The van der Waals surface area contributed by atoms with E-state index in [0.29, 0.717) is 10.8 Å². The van der Waals surface area contributed by atoms with Crippen molar-refractivity contribution in [2.75, 3.05) is 0 Å². The molecule has 2 rings (SSSR count). The van der Waals surface area contributed by atoms with E-state index in [9.17, 15) is 0 Å². The summed E-state index contributed by atoms with van der Waals surface area (Å²) < 4.78 is 0. The molecule has 0 spiro atoms. The summed E-state index contributed by atoms with van der Waals surface area (Å²) >= 11 is 6.06. The molecule has 3 nitrogen and oxygen atoms in total. The molecule has 0 saturated heterocycles. The van der Waals surface area contributed by atoms with Crippen molar-refractivity contribution < 1.29 is 0 Å². The van der Waals surface area contributed by atoms with Crippen LogP contribution >= 0.6 is 11.6 Å². The second-order valence-electron chi connectivity index (χ2n) is 3.62. The third-order valence-electron chi connectivity index (χ3n) is 2.32. The topological polar surface area (TPSA) is 51.8 Å². The van der Waals surface area contributed by atoms with E-state index in [4.69, 9.17) is 17.3 Å². The number of hydrogen-bond donors (Lipinski definition) is 1. The van der Waals surface area contributed by atoms with Gasteiger partial charge in [0.25, 0.3) is 0 Å². The predicted molar refractivity (Wildman–Crippen MR) is 64.3 cm³/mol. The average molecular weight is 234 g/mol. The van der Waals surface area contributed by atoms with Crippen LogP contribution in [0.25, 0.3) is 0 Å². The fraction of sp³-hybridized carbons (Fsp3) is 0.167. The lowest BCUT2D eigenvalue weighted by molar-refractivity contribution is 0.778. The molecule has 0 aliphatic heterocycles. The van der Waals surface area contributed by atoms with Crippen LogP contribution in [0, 0.1) is 6.92 Å². The van der Waals surface area contributed by atoms with Crippen LogP contribution in [0.3, 0.4) is 0 Å². The summed E-state index contributed by atoms with van der Waals surface area (Å²) in [5.41, 5.74) is 7.91. The molecule has 1 aromatic heterocycles. The summed E-state index contributed by atoms with van der Waals surface area (Å²) in [6.07, 6.45) is 3.50. The highest BCUT2D eigenvalue weighted by Gasteiger charge is 2.14. The molecule has 2 aromatic rings. The Bertz CT molecular complexity index is 482. The van der Waals surface area contributed by atoms with Crippen molar-refractivity contribution in [3.63, 3.8) is 0 Å². The molecule has 0 amide bonds. The molecule has 1 heterocycles. The second kappa shape index (κ2) is 4.60. The first-order chi connectivity index (χ1) is 7.68. The molecule has 0 saturated carbocycles. The Kier molecular flexibility index (Phi) is 3.17. The minimum atomic E-state index is -0.380. The number of rotatable bonds is 2. The lowest BCUT2D eigenvalue weighted by Crippen LogP contribution is -2.15. The maximum atomic E-state index is 6.06. The molecule has 0 radical (unpaired) electrons. The fourth-order valence-corrected chi connectivity index (χ4v) is 1.68. The highest BCUT2D eigenvalue weighted by Crippen LogP contribution is 2.23. The quantitative estimate of drug-likeness (QED) is 0.867. The number of aryl methyl sites for hydroxylation is 1. The Morgan fingerprint density at radius 2 is 1.81 bits per heavy atom. The highest BCUT2D eigenvalue weighted by atomic mass is 35.5. The molecule has 0 aliphatic carbocycles. The van der Waals surface area contributed by atoms with Crippen LogP contribution < -0.4 is 5.73 Å². The SMILES string of the molecule is Cc1cnc(C(N)c2ccccc2Cl)nc1. The number of hydrogen-bond acceptors (Lipinski definition) is 3. The van der Waals surface area contributed by atoms with Crippen LogP contribution in [0.1, 0.15) is 23.0 Å². The third-order valence-corrected chi connectivity index (χ3v) is 2.66. The largest absolute Gasteiger partial charge is 0.318 e. The number of aromatic nitrogens is 2. The van der Waals surface area contributed by atoms with Crippen LogP contribution in [-0.4, -0.2) is 9.97 Å². The Labute approximate surface area is 99.3 Å². The maximum Gasteiger partial charge on any atom is 0.149 e. The van der Waals surface area contributed by atoms with E-state index in [-0.39, 0.29) is 6.04 Å². The van der Waals surface area contributed by atoms with Gasteiger partial charge in [0.05, 0.1) is 6.04 Å². The number of nitrogens with zero attached hydrogens (tertiary/aromatic N) is 2. The highest BCUT2D eigenvalue weighted by molar-refractivity contribution is 6.31. The van der Waals surface area contributed by atoms with Crippen molar-refractivity contribution in [2.24, 2.45) is 5.73 Å². The van der Waals surface area contributed by atoms with Gasteiger partial charge in [-0.25, -0.2) is 9.97 Å². The van der Waals surface area contributed by atoms with Crippen LogP contribution in [0.2, 0.25) is 5.02 Å². The molecule has 0 bridgehead atoms. The maximum absolute atomic E-state index is 6.06. The van der Waals surface area contributed by atoms with E-state index in [1.54, 1.807) is 12.4 Å². The molecule has 1 aromatic carbocycles. The zero-order valence-corrected chi connectivity index (χ0v) is 9.65. The predicted octanol–water partition coefficient (Wildman–Crippen LogP) is 2.49. The lowest BCUT2D eigenvalue weighted by atomic mass is 10.1. The molecule has 1 unspecified atom stereocenters. The number of nitrogens with two attached hydrogens (primary N) is 1.